The van der Waals surface area contributed by atoms with E-state index in [0.29, 0.717) is 5.82 Å². The van der Waals surface area contributed by atoms with E-state index in [4.69, 9.17) is 0 Å². The molecular formula is C7H9N3O. The number of hydrogen-bond donors (Lipinski definition) is 0. The molecule has 4 nitrogen and oxygen atoms in total. The quantitative estimate of drug-likeness (QED) is 0.456. The van der Waals surface area contributed by atoms with E-state index in [1.807, 2.05) is 0 Å². The SMILES string of the molecule is C=CC(=O)c1nnc(C)n1C. The van der Waals surface area contributed by atoms with Gasteiger partial charge in [0, 0.05) is 7.05 Å². The third-order valence-electron chi connectivity index (χ3n) is 1.50. The molecule has 0 aliphatic rings. The van der Waals surface area contributed by atoms with Gasteiger partial charge in [-0.1, -0.05) is 6.58 Å². The minimum Gasteiger partial charge on any atom is -0.312 e. The Kier molecular flexibility index (Phi) is 1.85. The summed E-state index contributed by atoms with van der Waals surface area (Å²) in [4.78, 5) is 11.0. The van der Waals surface area contributed by atoms with Crippen LogP contribution in [0.4, 0.5) is 0 Å². The number of aryl methyl sites for hydroxylation is 1. The van der Waals surface area contributed by atoms with Crippen LogP contribution in [0.1, 0.15) is 16.4 Å². The molecule has 0 aliphatic carbocycles. The number of allylic oxidation sites excluding steroid dienone is 1. The number of rotatable bonds is 2. The van der Waals surface area contributed by atoms with E-state index >= 15 is 0 Å². The van der Waals surface area contributed by atoms with Crippen LogP contribution in [-0.4, -0.2) is 20.5 Å². The van der Waals surface area contributed by atoms with Gasteiger partial charge < -0.3 is 4.57 Å². The molecule has 0 saturated carbocycles. The van der Waals surface area contributed by atoms with Gasteiger partial charge in [0.2, 0.25) is 11.6 Å². The maximum Gasteiger partial charge on any atom is 0.222 e. The first kappa shape index (κ1) is 7.65. The van der Waals surface area contributed by atoms with Gasteiger partial charge in [0.15, 0.2) is 0 Å². The summed E-state index contributed by atoms with van der Waals surface area (Å²) < 4.78 is 1.63. The topological polar surface area (TPSA) is 47.8 Å². The van der Waals surface area contributed by atoms with E-state index in [2.05, 4.69) is 16.8 Å². The molecule has 58 valence electrons. The van der Waals surface area contributed by atoms with Crippen molar-refractivity contribution in [2.75, 3.05) is 0 Å². The third-order valence-corrected chi connectivity index (χ3v) is 1.50. The monoisotopic (exact) mass is 151 g/mol. The van der Waals surface area contributed by atoms with Crippen molar-refractivity contribution >= 4 is 5.78 Å². The van der Waals surface area contributed by atoms with Crippen LogP contribution in [-0.2, 0) is 7.05 Å². The predicted molar refractivity (Wildman–Crippen MR) is 40.3 cm³/mol. The lowest BCUT2D eigenvalue weighted by Crippen LogP contribution is -2.05. The average molecular weight is 151 g/mol. The zero-order valence-corrected chi connectivity index (χ0v) is 6.53. The van der Waals surface area contributed by atoms with Crippen LogP contribution in [0.5, 0.6) is 0 Å². The summed E-state index contributed by atoms with van der Waals surface area (Å²) in [6.07, 6.45) is 1.23. The molecule has 4 heteroatoms. The first-order valence-corrected chi connectivity index (χ1v) is 3.19. The molecule has 0 amide bonds. The van der Waals surface area contributed by atoms with Gasteiger partial charge in [0.1, 0.15) is 5.82 Å². The average Bonchev–Trinajstić information content (AvgIpc) is 2.32. The Labute approximate surface area is 64.6 Å². The molecular weight excluding hydrogens is 142 g/mol. The summed E-state index contributed by atoms with van der Waals surface area (Å²) in [5, 5.41) is 7.41. The lowest BCUT2D eigenvalue weighted by molar-refractivity contribution is 0.103. The third kappa shape index (κ3) is 1.19. The summed E-state index contributed by atoms with van der Waals surface area (Å²) in [5.41, 5.74) is 0. The molecule has 0 bridgehead atoms. The van der Waals surface area contributed by atoms with Crippen LogP contribution >= 0.6 is 0 Å². The Morgan fingerprint density at radius 2 is 2.27 bits per heavy atom. The van der Waals surface area contributed by atoms with Gasteiger partial charge in [-0.2, -0.15) is 0 Å². The zero-order chi connectivity index (χ0) is 8.43. The van der Waals surface area contributed by atoms with Gasteiger partial charge in [0.05, 0.1) is 0 Å². The second-order valence-electron chi connectivity index (χ2n) is 2.20. The van der Waals surface area contributed by atoms with Gasteiger partial charge in [-0.15, -0.1) is 10.2 Å². The molecule has 1 aromatic heterocycles. The van der Waals surface area contributed by atoms with Gasteiger partial charge in [-0.25, -0.2) is 0 Å². The molecule has 1 heterocycles. The fourth-order valence-electron chi connectivity index (χ4n) is 0.713. The second-order valence-corrected chi connectivity index (χ2v) is 2.20. The van der Waals surface area contributed by atoms with Crippen molar-refractivity contribution in [1.29, 1.82) is 0 Å². The number of carbonyl (C=O) groups excluding carboxylic acids is 1. The standard InChI is InChI=1S/C7H9N3O/c1-4-6(11)7-9-8-5(2)10(7)3/h4H,1H2,2-3H3. The smallest absolute Gasteiger partial charge is 0.222 e. The molecule has 0 saturated heterocycles. The number of aromatic nitrogens is 3. The summed E-state index contributed by atoms with van der Waals surface area (Å²) in [7, 11) is 1.74. The highest BCUT2D eigenvalue weighted by Crippen LogP contribution is 1.98. The maximum atomic E-state index is 11.0. The van der Waals surface area contributed by atoms with Crippen molar-refractivity contribution in [2.45, 2.75) is 6.92 Å². The van der Waals surface area contributed by atoms with Crippen molar-refractivity contribution in [3.8, 4) is 0 Å². The van der Waals surface area contributed by atoms with Crippen LogP contribution in [0.15, 0.2) is 12.7 Å². The van der Waals surface area contributed by atoms with Gasteiger partial charge in [-0.05, 0) is 13.0 Å². The van der Waals surface area contributed by atoms with Crippen LogP contribution < -0.4 is 0 Å². The molecule has 0 N–H and O–H groups in total. The Bertz CT molecular complexity index is 301. The van der Waals surface area contributed by atoms with E-state index in [1.54, 1.807) is 18.5 Å². The lowest BCUT2D eigenvalue weighted by atomic mass is 10.4. The summed E-state index contributed by atoms with van der Waals surface area (Å²) in [5.74, 6) is 0.848. The Balaban J connectivity index is 3.14. The molecule has 0 radical (unpaired) electrons. The summed E-state index contributed by atoms with van der Waals surface area (Å²) in [6, 6.07) is 0. The van der Waals surface area contributed by atoms with E-state index in [0.717, 1.165) is 5.82 Å². The van der Waals surface area contributed by atoms with Gasteiger partial charge in [-0.3, -0.25) is 4.79 Å². The van der Waals surface area contributed by atoms with E-state index in [-0.39, 0.29) is 5.78 Å². The lowest BCUT2D eigenvalue weighted by Gasteiger charge is -1.94. The molecule has 0 fully saturated rings. The number of carbonyl (C=O) groups is 1. The second kappa shape index (κ2) is 2.65. The van der Waals surface area contributed by atoms with Crippen molar-refractivity contribution in [3.05, 3.63) is 24.3 Å². The predicted octanol–water partition coefficient (Wildman–Crippen LogP) is 0.492. The molecule has 0 atom stereocenters. The number of nitrogens with zero attached hydrogens (tertiary/aromatic N) is 3. The molecule has 0 spiro atoms. The van der Waals surface area contributed by atoms with Crippen molar-refractivity contribution in [1.82, 2.24) is 14.8 Å². The highest BCUT2D eigenvalue weighted by molar-refractivity contribution is 6.01. The fourth-order valence-corrected chi connectivity index (χ4v) is 0.713. The molecule has 0 aromatic carbocycles. The number of hydrogen-bond acceptors (Lipinski definition) is 3. The molecule has 0 unspecified atom stereocenters. The van der Waals surface area contributed by atoms with E-state index < -0.39 is 0 Å². The van der Waals surface area contributed by atoms with Crippen LogP contribution in [0.25, 0.3) is 0 Å². The molecule has 1 aromatic rings. The summed E-state index contributed by atoms with van der Waals surface area (Å²) in [6.45, 7) is 5.14. The highest BCUT2D eigenvalue weighted by Gasteiger charge is 2.09. The molecule has 0 aliphatic heterocycles. The minimum atomic E-state index is -0.201. The Morgan fingerprint density at radius 1 is 1.64 bits per heavy atom. The van der Waals surface area contributed by atoms with Crippen LogP contribution in [0.3, 0.4) is 0 Å². The first-order chi connectivity index (χ1) is 5.16. The normalized spacial score (nSPS) is 9.64. The van der Waals surface area contributed by atoms with Gasteiger partial charge >= 0.3 is 0 Å². The van der Waals surface area contributed by atoms with Crippen molar-refractivity contribution in [3.63, 3.8) is 0 Å². The van der Waals surface area contributed by atoms with Gasteiger partial charge in [0.25, 0.3) is 0 Å². The van der Waals surface area contributed by atoms with Crippen LogP contribution in [0.2, 0.25) is 0 Å². The fraction of sp³-hybridized carbons (Fsp3) is 0.286. The minimum absolute atomic E-state index is 0.201. The zero-order valence-electron chi connectivity index (χ0n) is 6.53. The van der Waals surface area contributed by atoms with E-state index in [1.165, 1.54) is 6.08 Å². The largest absolute Gasteiger partial charge is 0.312 e. The van der Waals surface area contributed by atoms with Crippen LogP contribution in [0, 0.1) is 6.92 Å². The van der Waals surface area contributed by atoms with E-state index in [9.17, 15) is 4.79 Å². The maximum absolute atomic E-state index is 11.0. The Morgan fingerprint density at radius 3 is 2.64 bits per heavy atom. The summed E-state index contributed by atoms with van der Waals surface area (Å²) >= 11 is 0. The molecule has 11 heavy (non-hydrogen) atoms. The Hall–Kier alpha value is -1.45. The highest BCUT2D eigenvalue weighted by atomic mass is 16.1. The van der Waals surface area contributed by atoms with Crippen molar-refractivity contribution < 1.29 is 4.79 Å². The number of ketones is 1. The molecule has 1 rings (SSSR count). The first-order valence-electron chi connectivity index (χ1n) is 3.19. The van der Waals surface area contributed by atoms with Crippen molar-refractivity contribution in [2.24, 2.45) is 7.05 Å².